The summed E-state index contributed by atoms with van der Waals surface area (Å²) in [6.45, 7) is 4.34. The molecule has 3 heteroatoms. The predicted molar refractivity (Wildman–Crippen MR) is 77.9 cm³/mol. The summed E-state index contributed by atoms with van der Waals surface area (Å²) in [4.78, 5) is 16.1. The molecule has 0 bridgehead atoms. The molecule has 0 spiro atoms. The van der Waals surface area contributed by atoms with Crippen molar-refractivity contribution in [3.05, 3.63) is 35.2 Å². The number of benzene rings is 1. The van der Waals surface area contributed by atoms with E-state index >= 15 is 0 Å². The molecule has 0 saturated heterocycles. The molecule has 0 unspecified atom stereocenters. The Morgan fingerprint density at radius 1 is 1.28 bits per heavy atom. The van der Waals surface area contributed by atoms with Crippen molar-refractivity contribution in [1.29, 1.82) is 0 Å². The zero-order valence-corrected chi connectivity index (χ0v) is 12.0. The van der Waals surface area contributed by atoms with E-state index in [2.05, 4.69) is 26.0 Å². The maximum absolute atomic E-state index is 12.3. The van der Waals surface area contributed by atoms with Crippen LogP contribution >= 0.6 is 11.8 Å². The van der Waals surface area contributed by atoms with Crippen LogP contribution in [0.1, 0.15) is 26.7 Å². The maximum atomic E-state index is 12.3. The zero-order chi connectivity index (χ0) is 13.1. The first-order valence-corrected chi connectivity index (χ1v) is 7.25. The van der Waals surface area contributed by atoms with Gasteiger partial charge in [-0.1, -0.05) is 43.8 Å². The zero-order valence-electron chi connectivity index (χ0n) is 11.1. The first-order valence-electron chi connectivity index (χ1n) is 6.44. The molecule has 0 fully saturated rings. The van der Waals surface area contributed by atoms with Crippen molar-refractivity contribution >= 4 is 23.4 Å². The normalized spacial score (nSPS) is 17.4. The van der Waals surface area contributed by atoms with E-state index in [-0.39, 0.29) is 5.91 Å². The molecular formula is C15H19NOS. The number of allylic oxidation sites excluding steroid dienone is 1. The molecule has 0 atom stereocenters. The van der Waals surface area contributed by atoms with Gasteiger partial charge in [0.15, 0.2) is 0 Å². The van der Waals surface area contributed by atoms with E-state index in [0.29, 0.717) is 5.92 Å². The molecule has 0 N–H and O–H groups in total. The molecule has 0 aromatic heterocycles. The molecule has 1 aromatic carbocycles. The van der Waals surface area contributed by atoms with Gasteiger partial charge in [-0.05, 0) is 30.9 Å². The number of carbonyl (C=O) groups excluding carboxylic acids is 1. The number of hydrogen-bond donors (Lipinski definition) is 0. The van der Waals surface area contributed by atoms with Gasteiger partial charge in [0.1, 0.15) is 0 Å². The van der Waals surface area contributed by atoms with Crippen LogP contribution in [-0.2, 0) is 4.79 Å². The van der Waals surface area contributed by atoms with Crippen molar-refractivity contribution < 1.29 is 4.79 Å². The lowest BCUT2D eigenvalue weighted by Crippen LogP contribution is -2.30. The molecule has 1 aliphatic rings. The number of hydrogen-bond acceptors (Lipinski definition) is 2. The minimum atomic E-state index is 0.116. The second-order valence-electron chi connectivity index (χ2n) is 4.54. The molecule has 1 aliphatic heterocycles. The summed E-state index contributed by atoms with van der Waals surface area (Å²) in [5, 5.41) is 0. The molecule has 96 valence electrons. The van der Waals surface area contributed by atoms with Gasteiger partial charge >= 0.3 is 0 Å². The number of rotatable bonds is 3. The Balaban J connectivity index is 2.35. The van der Waals surface area contributed by atoms with Crippen molar-refractivity contribution in [3.8, 4) is 0 Å². The lowest BCUT2D eigenvalue weighted by molar-refractivity contribution is -0.114. The molecule has 0 aliphatic carbocycles. The standard InChI is InChI=1S/C15H19NOS/c1-4-11(5-2)10-14-15(17)16(3)12-8-6-7-9-13(12)18-14/h6-11H,4-5H2,1-3H3/b14-10-. The van der Waals surface area contributed by atoms with Crippen LogP contribution < -0.4 is 4.90 Å². The van der Waals surface area contributed by atoms with Crippen LogP contribution in [0.15, 0.2) is 40.1 Å². The Bertz CT molecular complexity index is 477. The molecule has 1 amide bonds. The third kappa shape index (κ3) is 2.46. The molecule has 18 heavy (non-hydrogen) atoms. The number of thioether (sulfide) groups is 1. The summed E-state index contributed by atoms with van der Waals surface area (Å²) in [5.74, 6) is 0.612. The number of carbonyl (C=O) groups is 1. The van der Waals surface area contributed by atoms with Crippen LogP contribution in [0.4, 0.5) is 5.69 Å². The number of fused-ring (bicyclic) bond motifs is 1. The summed E-state index contributed by atoms with van der Waals surface area (Å²) >= 11 is 1.60. The Morgan fingerprint density at radius 3 is 2.61 bits per heavy atom. The van der Waals surface area contributed by atoms with Crippen LogP contribution in [0.3, 0.4) is 0 Å². The van der Waals surface area contributed by atoms with E-state index in [1.807, 2.05) is 25.2 Å². The van der Waals surface area contributed by atoms with E-state index in [1.54, 1.807) is 16.7 Å². The van der Waals surface area contributed by atoms with Crippen LogP contribution in [0, 0.1) is 5.92 Å². The van der Waals surface area contributed by atoms with Gasteiger partial charge in [-0.2, -0.15) is 0 Å². The fourth-order valence-corrected chi connectivity index (χ4v) is 3.28. The molecular weight excluding hydrogens is 242 g/mol. The van der Waals surface area contributed by atoms with Crippen molar-refractivity contribution in [2.24, 2.45) is 5.92 Å². The molecule has 1 heterocycles. The lowest BCUT2D eigenvalue weighted by Gasteiger charge is -2.27. The van der Waals surface area contributed by atoms with Crippen molar-refractivity contribution in [2.75, 3.05) is 11.9 Å². The highest BCUT2D eigenvalue weighted by Gasteiger charge is 2.26. The fraction of sp³-hybridized carbons (Fsp3) is 0.400. The summed E-state index contributed by atoms with van der Waals surface area (Å²) in [5.41, 5.74) is 1.01. The van der Waals surface area contributed by atoms with Gasteiger partial charge < -0.3 is 4.90 Å². The number of para-hydroxylation sites is 1. The predicted octanol–water partition coefficient (Wildman–Crippen LogP) is 4.08. The van der Waals surface area contributed by atoms with E-state index in [9.17, 15) is 4.79 Å². The monoisotopic (exact) mass is 261 g/mol. The fourth-order valence-electron chi connectivity index (χ4n) is 2.10. The van der Waals surface area contributed by atoms with E-state index in [4.69, 9.17) is 0 Å². The largest absolute Gasteiger partial charge is 0.310 e. The van der Waals surface area contributed by atoms with Gasteiger partial charge in [0.25, 0.3) is 5.91 Å². The summed E-state index contributed by atoms with van der Waals surface area (Å²) in [6, 6.07) is 8.06. The molecule has 0 saturated carbocycles. The van der Waals surface area contributed by atoms with Gasteiger partial charge in [-0.15, -0.1) is 0 Å². The third-order valence-corrected chi connectivity index (χ3v) is 4.49. The van der Waals surface area contributed by atoms with Gasteiger partial charge in [0.2, 0.25) is 0 Å². The Hall–Kier alpha value is -1.22. The van der Waals surface area contributed by atoms with E-state index in [0.717, 1.165) is 28.3 Å². The molecule has 2 nitrogen and oxygen atoms in total. The highest BCUT2D eigenvalue weighted by atomic mass is 32.2. The second kappa shape index (κ2) is 5.61. The quantitative estimate of drug-likeness (QED) is 0.764. The maximum Gasteiger partial charge on any atom is 0.264 e. The molecule has 0 radical (unpaired) electrons. The number of nitrogens with zero attached hydrogens (tertiary/aromatic N) is 1. The Kier molecular flexibility index (Phi) is 4.12. The summed E-state index contributed by atoms with van der Waals surface area (Å²) in [6.07, 6.45) is 4.30. The first-order chi connectivity index (χ1) is 8.67. The lowest BCUT2D eigenvalue weighted by atomic mass is 10.0. The average molecular weight is 261 g/mol. The summed E-state index contributed by atoms with van der Waals surface area (Å²) < 4.78 is 0. The first kappa shape index (κ1) is 13.2. The minimum absolute atomic E-state index is 0.116. The van der Waals surface area contributed by atoms with Crippen molar-refractivity contribution in [1.82, 2.24) is 0 Å². The van der Waals surface area contributed by atoms with E-state index < -0.39 is 0 Å². The number of likely N-dealkylation sites (N-methyl/N-ethyl adjacent to an activating group) is 1. The average Bonchev–Trinajstić information content (AvgIpc) is 2.41. The van der Waals surface area contributed by atoms with Crippen LogP contribution in [0.5, 0.6) is 0 Å². The highest BCUT2D eigenvalue weighted by molar-refractivity contribution is 8.04. The van der Waals surface area contributed by atoms with Crippen molar-refractivity contribution in [2.45, 2.75) is 31.6 Å². The topological polar surface area (TPSA) is 20.3 Å². The smallest absolute Gasteiger partial charge is 0.264 e. The third-order valence-electron chi connectivity index (χ3n) is 3.40. The van der Waals surface area contributed by atoms with Crippen LogP contribution in [-0.4, -0.2) is 13.0 Å². The SMILES string of the molecule is CCC(/C=C1\Sc2ccccc2N(C)C1=O)CC. The van der Waals surface area contributed by atoms with Gasteiger partial charge in [0, 0.05) is 11.9 Å². The summed E-state index contributed by atoms with van der Waals surface area (Å²) in [7, 11) is 1.85. The minimum Gasteiger partial charge on any atom is -0.310 e. The van der Waals surface area contributed by atoms with Crippen LogP contribution in [0.25, 0.3) is 0 Å². The van der Waals surface area contributed by atoms with Crippen LogP contribution in [0.2, 0.25) is 0 Å². The highest BCUT2D eigenvalue weighted by Crippen LogP contribution is 2.41. The van der Waals surface area contributed by atoms with Gasteiger partial charge in [-0.3, -0.25) is 4.79 Å². The number of amides is 1. The molecule has 2 rings (SSSR count). The van der Waals surface area contributed by atoms with Gasteiger partial charge in [0.05, 0.1) is 10.6 Å². The number of anilines is 1. The Morgan fingerprint density at radius 2 is 1.94 bits per heavy atom. The Labute approximate surface area is 113 Å². The second-order valence-corrected chi connectivity index (χ2v) is 5.63. The molecule has 1 aromatic rings. The van der Waals surface area contributed by atoms with Crippen molar-refractivity contribution in [3.63, 3.8) is 0 Å². The van der Waals surface area contributed by atoms with E-state index in [1.165, 1.54) is 0 Å². The van der Waals surface area contributed by atoms with Gasteiger partial charge in [-0.25, -0.2) is 0 Å².